The lowest BCUT2D eigenvalue weighted by Crippen LogP contribution is -2.45. The molecular formula is C17H19N3O2S. The van der Waals surface area contributed by atoms with Crippen LogP contribution in [0.4, 0.5) is 0 Å². The lowest BCUT2D eigenvalue weighted by molar-refractivity contribution is -0.126. The van der Waals surface area contributed by atoms with Crippen molar-refractivity contribution in [3.05, 3.63) is 52.5 Å². The van der Waals surface area contributed by atoms with Crippen LogP contribution in [0.15, 0.2) is 42.0 Å². The molecule has 1 N–H and O–H groups in total. The highest BCUT2D eigenvalue weighted by Gasteiger charge is 2.29. The summed E-state index contributed by atoms with van der Waals surface area (Å²) >= 11 is 1.44. The highest BCUT2D eigenvalue weighted by atomic mass is 32.1. The fourth-order valence-corrected chi connectivity index (χ4v) is 3.46. The summed E-state index contributed by atoms with van der Waals surface area (Å²) in [6.45, 7) is 1.70. The zero-order valence-corrected chi connectivity index (χ0v) is 13.6. The van der Waals surface area contributed by atoms with Gasteiger partial charge in [0.25, 0.3) is 5.91 Å². The number of carbonyl (C=O) groups is 2. The van der Waals surface area contributed by atoms with Crippen LogP contribution in [0.25, 0.3) is 0 Å². The predicted molar refractivity (Wildman–Crippen MR) is 89.0 cm³/mol. The van der Waals surface area contributed by atoms with E-state index >= 15 is 0 Å². The van der Waals surface area contributed by atoms with Crippen molar-refractivity contribution in [3.63, 3.8) is 0 Å². The number of hydrogen-bond acceptors (Lipinski definition) is 4. The summed E-state index contributed by atoms with van der Waals surface area (Å²) in [5.74, 6) is -0.0911. The molecule has 0 saturated carbocycles. The molecule has 1 fully saturated rings. The fraction of sp³-hybridized carbons (Fsp3) is 0.353. The van der Waals surface area contributed by atoms with E-state index in [0.717, 1.165) is 29.8 Å². The molecule has 2 aromatic heterocycles. The summed E-state index contributed by atoms with van der Waals surface area (Å²) in [6.07, 6.45) is 5.14. The Morgan fingerprint density at radius 3 is 3.00 bits per heavy atom. The van der Waals surface area contributed by atoms with Gasteiger partial charge in [0.2, 0.25) is 5.91 Å². The normalized spacial score (nSPS) is 17.7. The van der Waals surface area contributed by atoms with Crippen LogP contribution in [-0.2, 0) is 11.3 Å². The van der Waals surface area contributed by atoms with Crippen molar-refractivity contribution in [2.75, 3.05) is 13.1 Å². The zero-order chi connectivity index (χ0) is 16.1. The minimum absolute atomic E-state index is 0.0116. The molecule has 3 rings (SSSR count). The van der Waals surface area contributed by atoms with E-state index in [0.29, 0.717) is 13.1 Å². The first kappa shape index (κ1) is 15.7. The van der Waals surface area contributed by atoms with Gasteiger partial charge in [0, 0.05) is 32.0 Å². The predicted octanol–water partition coefficient (Wildman–Crippen LogP) is 2.31. The number of thiophene rings is 1. The quantitative estimate of drug-likeness (QED) is 0.936. The van der Waals surface area contributed by atoms with Crippen molar-refractivity contribution in [2.24, 2.45) is 5.92 Å². The van der Waals surface area contributed by atoms with E-state index in [1.54, 1.807) is 17.3 Å². The first-order valence-electron chi connectivity index (χ1n) is 7.73. The molecule has 0 radical (unpaired) electrons. The maximum Gasteiger partial charge on any atom is 0.263 e. The molecule has 1 aliphatic rings. The van der Waals surface area contributed by atoms with Gasteiger partial charge in [-0.05, 0) is 35.9 Å². The van der Waals surface area contributed by atoms with Crippen molar-refractivity contribution in [3.8, 4) is 0 Å². The Morgan fingerprint density at radius 2 is 2.26 bits per heavy atom. The maximum absolute atomic E-state index is 12.4. The lowest BCUT2D eigenvalue weighted by Gasteiger charge is -2.31. The number of aromatic nitrogens is 1. The molecule has 5 nitrogen and oxygen atoms in total. The van der Waals surface area contributed by atoms with Gasteiger partial charge < -0.3 is 10.2 Å². The molecule has 2 aromatic rings. The number of amides is 2. The van der Waals surface area contributed by atoms with Gasteiger partial charge in [-0.25, -0.2) is 0 Å². The number of pyridine rings is 1. The second kappa shape index (κ2) is 7.37. The van der Waals surface area contributed by atoms with E-state index in [9.17, 15) is 9.59 Å². The summed E-state index contributed by atoms with van der Waals surface area (Å²) in [6, 6.07) is 7.49. The molecule has 1 aliphatic heterocycles. The smallest absolute Gasteiger partial charge is 0.263 e. The molecular weight excluding hydrogens is 310 g/mol. The lowest BCUT2D eigenvalue weighted by atomic mass is 9.97. The number of hydrogen-bond donors (Lipinski definition) is 1. The van der Waals surface area contributed by atoms with Crippen molar-refractivity contribution in [2.45, 2.75) is 19.4 Å². The van der Waals surface area contributed by atoms with Gasteiger partial charge >= 0.3 is 0 Å². The van der Waals surface area contributed by atoms with E-state index < -0.39 is 0 Å². The molecule has 1 atom stereocenters. The number of likely N-dealkylation sites (tertiary alicyclic amines) is 1. The van der Waals surface area contributed by atoms with Gasteiger partial charge in [0.15, 0.2) is 0 Å². The standard InChI is InChI=1S/C17H19N3O2S/c21-16(19-11-13-4-1-7-18-10-13)14-5-2-8-20(12-14)17(22)15-6-3-9-23-15/h1,3-4,6-7,9-10,14H,2,5,8,11-12H2,(H,19,21)/t14-/m1/s1. The first-order chi connectivity index (χ1) is 11.2. The monoisotopic (exact) mass is 329 g/mol. The van der Waals surface area contributed by atoms with Gasteiger partial charge in [0.1, 0.15) is 0 Å². The van der Waals surface area contributed by atoms with Crippen molar-refractivity contribution < 1.29 is 9.59 Å². The topological polar surface area (TPSA) is 62.3 Å². The molecule has 120 valence electrons. The molecule has 23 heavy (non-hydrogen) atoms. The van der Waals surface area contributed by atoms with Crippen LogP contribution in [0.5, 0.6) is 0 Å². The number of carbonyl (C=O) groups excluding carboxylic acids is 2. The molecule has 3 heterocycles. The Labute approximate surface area is 139 Å². The minimum atomic E-state index is -0.135. The Balaban J connectivity index is 1.55. The summed E-state index contributed by atoms with van der Waals surface area (Å²) < 4.78 is 0. The van der Waals surface area contributed by atoms with Crippen molar-refractivity contribution >= 4 is 23.2 Å². The van der Waals surface area contributed by atoms with Gasteiger partial charge in [-0.2, -0.15) is 0 Å². The first-order valence-corrected chi connectivity index (χ1v) is 8.61. The summed E-state index contributed by atoms with van der Waals surface area (Å²) in [5, 5.41) is 4.85. The van der Waals surface area contributed by atoms with E-state index in [1.165, 1.54) is 11.3 Å². The maximum atomic E-state index is 12.4. The molecule has 0 spiro atoms. The van der Waals surface area contributed by atoms with Crippen LogP contribution in [0, 0.1) is 5.92 Å². The number of rotatable bonds is 4. The van der Waals surface area contributed by atoms with E-state index in [4.69, 9.17) is 0 Å². The Kier molecular flexibility index (Phi) is 5.02. The van der Waals surface area contributed by atoms with Crippen molar-refractivity contribution in [1.29, 1.82) is 0 Å². The van der Waals surface area contributed by atoms with E-state index in [1.807, 2.05) is 29.6 Å². The second-order valence-corrected chi connectivity index (χ2v) is 6.59. The number of nitrogens with one attached hydrogen (secondary N) is 1. The van der Waals surface area contributed by atoms with Crippen LogP contribution in [0.1, 0.15) is 28.1 Å². The van der Waals surface area contributed by atoms with Crippen LogP contribution >= 0.6 is 11.3 Å². The third kappa shape index (κ3) is 3.96. The average Bonchev–Trinajstić information content (AvgIpc) is 3.14. The summed E-state index contributed by atoms with van der Waals surface area (Å²) in [4.78, 5) is 31.3. The largest absolute Gasteiger partial charge is 0.352 e. The number of piperidine rings is 1. The number of nitrogens with zero attached hydrogens (tertiary/aromatic N) is 2. The molecule has 1 saturated heterocycles. The van der Waals surface area contributed by atoms with Gasteiger partial charge in [-0.3, -0.25) is 14.6 Å². The van der Waals surface area contributed by atoms with Crippen molar-refractivity contribution in [1.82, 2.24) is 15.2 Å². The SMILES string of the molecule is O=C(NCc1cccnc1)[C@@H]1CCCN(C(=O)c2cccs2)C1. The average molecular weight is 329 g/mol. The van der Waals surface area contributed by atoms with E-state index in [2.05, 4.69) is 10.3 Å². The highest BCUT2D eigenvalue weighted by molar-refractivity contribution is 7.12. The minimum Gasteiger partial charge on any atom is -0.352 e. The molecule has 0 unspecified atom stereocenters. The van der Waals surface area contributed by atoms with Crippen LogP contribution < -0.4 is 5.32 Å². The summed E-state index contributed by atoms with van der Waals surface area (Å²) in [5.41, 5.74) is 0.975. The Hall–Kier alpha value is -2.21. The molecule has 0 aliphatic carbocycles. The molecule has 0 bridgehead atoms. The molecule has 6 heteroatoms. The highest BCUT2D eigenvalue weighted by Crippen LogP contribution is 2.20. The van der Waals surface area contributed by atoms with Crippen LogP contribution in [0.2, 0.25) is 0 Å². The third-order valence-corrected chi connectivity index (χ3v) is 4.86. The second-order valence-electron chi connectivity index (χ2n) is 5.65. The summed E-state index contributed by atoms with van der Waals surface area (Å²) in [7, 11) is 0. The van der Waals surface area contributed by atoms with Gasteiger partial charge in [-0.1, -0.05) is 12.1 Å². The van der Waals surface area contributed by atoms with Gasteiger partial charge in [0.05, 0.1) is 10.8 Å². The van der Waals surface area contributed by atoms with Crippen LogP contribution in [0.3, 0.4) is 0 Å². The fourth-order valence-electron chi connectivity index (χ4n) is 2.77. The van der Waals surface area contributed by atoms with E-state index in [-0.39, 0.29) is 17.7 Å². The Morgan fingerprint density at radius 1 is 1.35 bits per heavy atom. The van der Waals surface area contributed by atoms with Crippen LogP contribution in [-0.4, -0.2) is 34.8 Å². The molecule has 2 amide bonds. The Bertz CT molecular complexity index is 658. The van der Waals surface area contributed by atoms with Gasteiger partial charge in [-0.15, -0.1) is 11.3 Å². The third-order valence-electron chi connectivity index (χ3n) is 4.00. The molecule has 0 aromatic carbocycles. The zero-order valence-electron chi connectivity index (χ0n) is 12.8.